The molecule has 0 saturated carbocycles. The van der Waals surface area contributed by atoms with Crippen LogP contribution in [-0.4, -0.2) is 46.2 Å². The summed E-state index contributed by atoms with van der Waals surface area (Å²) in [6, 6.07) is 2.36. The van der Waals surface area contributed by atoms with Gasteiger partial charge in [0, 0.05) is 0 Å². The fourth-order valence-electron chi connectivity index (χ4n) is 1.07. The van der Waals surface area contributed by atoms with Crippen molar-refractivity contribution in [2.24, 2.45) is 10.8 Å². The number of nitrogens with zero attached hydrogens (tertiary/aromatic N) is 3. The molecule has 0 radical (unpaired) electrons. The van der Waals surface area contributed by atoms with Gasteiger partial charge in [0.25, 0.3) is 0 Å². The normalized spacial score (nSPS) is 10.6. The van der Waals surface area contributed by atoms with E-state index in [2.05, 4.69) is 5.10 Å². The first-order valence-electron chi connectivity index (χ1n) is 4.96. The Kier molecular flexibility index (Phi) is 4.71. The van der Waals surface area contributed by atoms with Gasteiger partial charge in [0.2, 0.25) is 0 Å². The van der Waals surface area contributed by atoms with Gasteiger partial charge in [0.1, 0.15) is 4.92 Å². The van der Waals surface area contributed by atoms with Crippen LogP contribution in [0.5, 0.6) is 0 Å². The highest BCUT2D eigenvalue weighted by Gasteiger charge is 2.18. The number of primary amides is 1. The molecule has 0 aliphatic carbocycles. The molecule has 1 aromatic heterocycles. The number of hydrazone groups is 1. The average Bonchev–Trinajstić information content (AvgIpc) is 2.82. The van der Waals surface area contributed by atoms with Crippen LogP contribution in [0.3, 0.4) is 0 Å². The number of rotatable bonds is 5. The van der Waals surface area contributed by atoms with E-state index in [0.717, 1.165) is 12.3 Å². The van der Waals surface area contributed by atoms with Crippen LogP contribution in [0.2, 0.25) is 0 Å². The lowest BCUT2D eigenvalue weighted by molar-refractivity contribution is -0.402. The molecule has 0 saturated heterocycles. The third-order valence-corrected chi connectivity index (χ3v) is 1.87. The maximum absolute atomic E-state index is 11.3. The van der Waals surface area contributed by atoms with Gasteiger partial charge in [-0.15, -0.1) is 0 Å². The van der Waals surface area contributed by atoms with Gasteiger partial charge in [-0.25, -0.2) is 5.01 Å². The molecule has 19 heavy (non-hydrogen) atoms. The molecule has 0 spiro atoms. The van der Waals surface area contributed by atoms with Crippen molar-refractivity contribution >= 4 is 23.9 Å². The summed E-state index contributed by atoms with van der Waals surface area (Å²) in [7, 11) is 0. The molecule has 10 heteroatoms. The lowest BCUT2D eigenvalue weighted by Gasteiger charge is -2.12. The Hall–Kier alpha value is -2.75. The zero-order valence-corrected chi connectivity index (χ0v) is 9.55. The van der Waals surface area contributed by atoms with E-state index in [1.807, 2.05) is 0 Å². The highest BCUT2D eigenvalue weighted by atomic mass is 16.6. The Morgan fingerprint density at radius 1 is 1.58 bits per heavy atom. The zero-order chi connectivity index (χ0) is 14.4. The summed E-state index contributed by atoms with van der Waals surface area (Å²) >= 11 is 0. The van der Waals surface area contributed by atoms with Crippen LogP contribution >= 0.6 is 0 Å². The number of hydrogen-bond acceptors (Lipinski definition) is 7. The largest absolute Gasteiger partial charge is 0.433 e. The predicted molar refractivity (Wildman–Crippen MR) is 60.9 cm³/mol. The van der Waals surface area contributed by atoms with Crippen LogP contribution in [0.1, 0.15) is 5.76 Å². The minimum Gasteiger partial charge on any atom is -0.400 e. The van der Waals surface area contributed by atoms with Crippen molar-refractivity contribution in [1.82, 2.24) is 5.01 Å². The third-order valence-electron chi connectivity index (χ3n) is 1.87. The van der Waals surface area contributed by atoms with Crippen LogP contribution in [0, 0.1) is 10.1 Å². The topological polar surface area (TPSA) is 152 Å². The van der Waals surface area contributed by atoms with Crippen molar-refractivity contribution in [3.8, 4) is 0 Å². The van der Waals surface area contributed by atoms with Crippen LogP contribution in [0.25, 0.3) is 0 Å². The SMILES string of the molecule is NC(=O)C(=O)N(CCO)N=Cc1ccc([N+](=O)[O-])o1. The summed E-state index contributed by atoms with van der Waals surface area (Å²) in [5.74, 6) is -2.84. The fourth-order valence-corrected chi connectivity index (χ4v) is 1.07. The summed E-state index contributed by atoms with van der Waals surface area (Å²) in [5.41, 5.74) is 4.78. The van der Waals surface area contributed by atoms with E-state index in [-0.39, 0.29) is 12.3 Å². The lowest BCUT2D eigenvalue weighted by Crippen LogP contribution is -2.38. The van der Waals surface area contributed by atoms with Gasteiger partial charge >= 0.3 is 17.7 Å². The number of carbonyl (C=O) groups is 2. The van der Waals surface area contributed by atoms with E-state index < -0.39 is 29.2 Å². The van der Waals surface area contributed by atoms with Gasteiger partial charge in [0.05, 0.1) is 25.4 Å². The van der Waals surface area contributed by atoms with Crippen molar-refractivity contribution in [2.45, 2.75) is 0 Å². The molecule has 102 valence electrons. The van der Waals surface area contributed by atoms with Gasteiger partial charge in [0.15, 0.2) is 5.76 Å². The standard InChI is InChI=1S/C9H10N4O6/c10-8(15)9(16)12(3-4-14)11-5-6-1-2-7(19-6)13(17)18/h1-2,5,14H,3-4H2,(H2,10,15). The molecule has 10 nitrogen and oxygen atoms in total. The molecule has 1 rings (SSSR count). The smallest absolute Gasteiger partial charge is 0.400 e. The number of hydrogen-bond donors (Lipinski definition) is 2. The Labute approximate surface area is 106 Å². The fraction of sp³-hybridized carbons (Fsp3) is 0.222. The molecule has 3 N–H and O–H groups in total. The van der Waals surface area contributed by atoms with Crippen molar-refractivity contribution in [3.05, 3.63) is 28.0 Å². The first-order chi connectivity index (χ1) is 8.95. The molecule has 0 aliphatic heterocycles. The quantitative estimate of drug-likeness (QED) is 0.297. The van der Waals surface area contributed by atoms with Crippen LogP contribution in [0.15, 0.2) is 21.7 Å². The van der Waals surface area contributed by atoms with Crippen LogP contribution < -0.4 is 5.73 Å². The van der Waals surface area contributed by atoms with Crippen LogP contribution in [-0.2, 0) is 9.59 Å². The van der Waals surface area contributed by atoms with Gasteiger partial charge in [-0.2, -0.15) is 5.10 Å². The number of carbonyl (C=O) groups excluding carboxylic acids is 2. The Morgan fingerprint density at radius 2 is 2.26 bits per heavy atom. The van der Waals surface area contributed by atoms with E-state index in [1.165, 1.54) is 6.07 Å². The Morgan fingerprint density at radius 3 is 2.74 bits per heavy atom. The van der Waals surface area contributed by atoms with E-state index in [0.29, 0.717) is 5.01 Å². The molecule has 1 heterocycles. The van der Waals surface area contributed by atoms with E-state index in [1.54, 1.807) is 0 Å². The summed E-state index contributed by atoms with van der Waals surface area (Å²) in [6.07, 6.45) is 0.990. The van der Waals surface area contributed by atoms with Crippen molar-refractivity contribution in [1.29, 1.82) is 0 Å². The second kappa shape index (κ2) is 6.26. The molecule has 0 aromatic carbocycles. The summed E-state index contributed by atoms with van der Waals surface area (Å²) in [6.45, 7) is -0.685. The number of aliphatic hydroxyl groups is 1. The predicted octanol–water partition coefficient (Wildman–Crippen LogP) is -1.17. The number of furan rings is 1. The first kappa shape index (κ1) is 14.3. The van der Waals surface area contributed by atoms with Gasteiger partial charge in [-0.1, -0.05) is 0 Å². The molecule has 0 atom stereocenters. The second-order valence-electron chi connectivity index (χ2n) is 3.19. The van der Waals surface area contributed by atoms with E-state index >= 15 is 0 Å². The maximum atomic E-state index is 11.3. The molecule has 2 amide bonds. The lowest BCUT2D eigenvalue weighted by atomic mass is 10.5. The molecule has 0 aliphatic rings. The van der Waals surface area contributed by atoms with Gasteiger partial charge in [-0.3, -0.25) is 19.7 Å². The minimum atomic E-state index is -1.24. The van der Waals surface area contributed by atoms with E-state index in [4.69, 9.17) is 15.3 Å². The summed E-state index contributed by atoms with van der Waals surface area (Å²) < 4.78 is 4.75. The third kappa shape index (κ3) is 3.89. The number of nitrogens with two attached hydrogens (primary N) is 1. The average molecular weight is 270 g/mol. The Bertz CT molecular complexity index is 523. The van der Waals surface area contributed by atoms with Crippen molar-refractivity contribution in [3.63, 3.8) is 0 Å². The van der Waals surface area contributed by atoms with Crippen LogP contribution in [0.4, 0.5) is 5.88 Å². The minimum absolute atomic E-state index is 0.00640. The molecule has 0 unspecified atom stereocenters. The summed E-state index contributed by atoms with van der Waals surface area (Å²) in [5, 5.41) is 23.3. The van der Waals surface area contributed by atoms with Gasteiger partial charge < -0.3 is 15.3 Å². The molecular formula is C9H10N4O6. The number of nitro groups is 1. The first-order valence-corrected chi connectivity index (χ1v) is 4.96. The monoisotopic (exact) mass is 270 g/mol. The van der Waals surface area contributed by atoms with E-state index in [9.17, 15) is 19.7 Å². The number of amides is 2. The molecule has 0 bridgehead atoms. The molecular weight excluding hydrogens is 260 g/mol. The molecule has 0 fully saturated rings. The highest BCUT2D eigenvalue weighted by Crippen LogP contribution is 2.13. The second-order valence-corrected chi connectivity index (χ2v) is 3.19. The molecule has 1 aromatic rings. The van der Waals surface area contributed by atoms with Gasteiger partial charge in [-0.05, 0) is 6.07 Å². The zero-order valence-electron chi connectivity index (χ0n) is 9.55. The Balaban J connectivity index is 2.82. The maximum Gasteiger partial charge on any atom is 0.433 e. The number of aliphatic hydroxyl groups excluding tert-OH is 1. The highest BCUT2D eigenvalue weighted by molar-refractivity contribution is 6.34. The summed E-state index contributed by atoms with van der Waals surface area (Å²) in [4.78, 5) is 31.6. The van der Waals surface area contributed by atoms with Crippen molar-refractivity contribution in [2.75, 3.05) is 13.2 Å². The van der Waals surface area contributed by atoms with Crippen molar-refractivity contribution < 1.29 is 24.0 Å².